The molecule has 0 saturated heterocycles. The minimum atomic E-state index is -0.745. The zero-order valence-corrected chi connectivity index (χ0v) is 8.92. The Morgan fingerprint density at radius 1 is 1.41 bits per heavy atom. The summed E-state index contributed by atoms with van der Waals surface area (Å²) in [5, 5.41) is 10.6. The standard InChI is InChI=1S/C13H10O4/c14-7-11(15)16-12-6-9-5-4-8-2-1-3-10(8)13(9)17-12/h1-6,12,14H,7H2. The Bertz CT molecular complexity index is 628. The number of fused-ring (bicyclic) bond motifs is 3. The summed E-state index contributed by atoms with van der Waals surface area (Å²) in [5.74, 6) is 0.0287. The van der Waals surface area contributed by atoms with E-state index in [1.807, 2.05) is 30.4 Å². The van der Waals surface area contributed by atoms with Crippen LogP contribution in [0.5, 0.6) is 5.75 Å². The zero-order valence-electron chi connectivity index (χ0n) is 8.92. The average Bonchev–Trinajstić information content (AvgIpc) is 2.92. The number of allylic oxidation sites excluding steroid dienone is 1. The van der Waals surface area contributed by atoms with Crippen LogP contribution in [0.3, 0.4) is 0 Å². The highest BCUT2D eigenvalue weighted by Gasteiger charge is 2.22. The van der Waals surface area contributed by atoms with Crippen molar-refractivity contribution < 1.29 is 19.4 Å². The van der Waals surface area contributed by atoms with Gasteiger partial charge in [-0.1, -0.05) is 30.4 Å². The fourth-order valence-corrected chi connectivity index (χ4v) is 1.98. The van der Waals surface area contributed by atoms with Gasteiger partial charge in [-0.15, -0.1) is 0 Å². The molecule has 0 aromatic heterocycles. The summed E-state index contributed by atoms with van der Waals surface area (Å²) in [4.78, 5) is 11.0. The largest absolute Gasteiger partial charge is 0.450 e. The van der Waals surface area contributed by atoms with Crippen LogP contribution in [0.25, 0.3) is 18.2 Å². The minimum Gasteiger partial charge on any atom is -0.450 e. The molecular formula is C13H10O4. The summed E-state index contributed by atoms with van der Waals surface area (Å²) < 4.78 is 10.4. The molecule has 0 amide bonds. The Labute approximate surface area is 97.1 Å². The van der Waals surface area contributed by atoms with Crippen molar-refractivity contribution in [1.82, 2.24) is 0 Å². The molecule has 1 atom stereocenters. The molecule has 1 heterocycles. The van der Waals surface area contributed by atoms with Crippen molar-refractivity contribution in [3.05, 3.63) is 34.2 Å². The summed E-state index contributed by atoms with van der Waals surface area (Å²) in [6.07, 6.45) is 6.87. The summed E-state index contributed by atoms with van der Waals surface area (Å²) >= 11 is 0. The van der Waals surface area contributed by atoms with Crippen LogP contribution in [0.2, 0.25) is 0 Å². The van der Waals surface area contributed by atoms with Gasteiger partial charge in [0.25, 0.3) is 6.29 Å². The third kappa shape index (κ3) is 1.62. The number of esters is 1. The van der Waals surface area contributed by atoms with E-state index < -0.39 is 18.9 Å². The predicted molar refractivity (Wildman–Crippen MR) is 61.2 cm³/mol. The third-order valence-corrected chi connectivity index (χ3v) is 2.73. The van der Waals surface area contributed by atoms with Gasteiger partial charge in [-0.2, -0.15) is 0 Å². The topological polar surface area (TPSA) is 55.8 Å². The number of hydrogen-bond acceptors (Lipinski definition) is 4. The molecule has 17 heavy (non-hydrogen) atoms. The highest BCUT2D eigenvalue weighted by Crippen LogP contribution is 2.20. The van der Waals surface area contributed by atoms with E-state index >= 15 is 0 Å². The first-order valence-electron chi connectivity index (χ1n) is 5.28. The predicted octanol–water partition coefficient (Wildman–Crippen LogP) is -0.472. The number of aliphatic hydroxyl groups excluding tert-OH is 1. The van der Waals surface area contributed by atoms with Crippen LogP contribution in [0.1, 0.15) is 5.56 Å². The lowest BCUT2D eigenvalue weighted by atomic mass is 10.1. The van der Waals surface area contributed by atoms with E-state index in [2.05, 4.69) is 0 Å². The Balaban J connectivity index is 1.94. The normalized spacial score (nSPS) is 18.8. The van der Waals surface area contributed by atoms with Crippen molar-refractivity contribution in [2.75, 3.05) is 6.61 Å². The van der Waals surface area contributed by atoms with E-state index in [-0.39, 0.29) is 0 Å². The maximum absolute atomic E-state index is 11.0. The van der Waals surface area contributed by atoms with E-state index in [0.717, 1.165) is 21.8 Å². The van der Waals surface area contributed by atoms with Gasteiger partial charge in [0.05, 0.1) is 0 Å². The minimum absolute atomic E-state index is 0.643. The molecule has 0 saturated carbocycles. The number of aliphatic hydroxyl groups is 1. The summed E-state index contributed by atoms with van der Waals surface area (Å²) in [7, 11) is 0. The lowest BCUT2D eigenvalue weighted by molar-refractivity contribution is -0.158. The number of benzene rings is 1. The zero-order chi connectivity index (χ0) is 11.8. The number of hydrogen-bond donors (Lipinski definition) is 1. The number of carbonyl (C=O) groups is 1. The first-order chi connectivity index (χ1) is 8.28. The van der Waals surface area contributed by atoms with E-state index in [0.29, 0.717) is 0 Å². The van der Waals surface area contributed by atoms with Gasteiger partial charge in [-0.3, -0.25) is 0 Å². The number of rotatable bonds is 2. The fourth-order valence-electron chi connectivity index (χ4n) is 1.98. The van der Waals surface area contributed by atoms with Crippen molar-refractivity contribution in [2.45, 2.75) is 6.29 Å². The average molecular weight is 230 g/mol. The molecule has 4 nitrogen and oxygen atoms in total. The molecule has 1 aliphatic heterocycles. The van der Waals surface area contributed by atoms with Crippen molar-refractivity contribution in [1.29, 1.82) is 0 Å². The first kappa shape index (κ1) is 10.1. The summed E-state index contributed by atoms with van der Waals surface area (Å²) in [6, 6.07) is 3.91. The molecule has 0 spiro atoms. The molecule has 0 fully saturated rings. The second kappa shape index (κ2) is 3.75. The molecule has 1 aliphatic carbocycles. The molecule has 2 aliphatic rings. The maximum Gasteiger partial charge on any atom is 0.335 e. The maximum atomic E-state index is 11.0. The van der Waals surface area contributed by atoms with Gasteiger partial charge >= 0.3 is 5.97 Å². The van der Waals surface area contributed by atoms with Crippen molar-refractivity contribution in [2.24, 2.45) is 0 Å². The second-order valence-electron chi connectivity index (χ2n) is 3.81. The Morgan fingerprint density at radius 2 is 2.24 bits per heavy atom. The van der Waals surface area contributed by atoms with Crippen LogP contribution in [0.4, 0.5) is 0 Å². The lowest BCUT2D eigenvalue weighted by Crippen LogP contribution is -2.21. The first-order valence-corrected chi connectivity index (χ1v) is 5.28. The van der Waals surface area contributed by atoms with Gasteiger partial charge in [0.1, 0.15) is 12.4 Å². The van der Waals surface area contributed by atoms with Gasteiger partial charge < -0.3 is 14.6 Å². The smallest absolute Gasteiger partial charge is 0.335 e. The van der Waals surface area contributed by atoms with Crippen LogP contribution in [0, 0.1) is 0 Å². The van der Waals surface area contributed by atoms with Gasteiger partial charge in [0.2, 0.25) is 0 Å². The Hall–Kier alpha value is -2.07. The van der Waals surface area contributed by atoms with E-state index in [9.17, 15) is 4.79 Å². The van der Waals surface area contributed by atoms with Gasteiger partial charge in [0, 0.05) is 16.9 Å². The number of carbonyl (C=O) groups excluding carboxylic acids is 1. The van der Waals surface area contributed by atoms with Gasteiger partial charge in [-0.25, -0.2) is 4.79 Å². The molecule has 1 N–H and O–H groups in total. The molecular weight excluding hydrogens is 220 g/mol. The summed E-state index contributed by atoms with van der Waals surface area (Å²) in [5.41, 5.74) is 1.00. The van der Waals surface area contributed by atoms with Crippen LogP contribution < -0.4 is 15.2 Å². The van der Waals surface area contributed by atoms with E-state index in [1.54, 1.807) is 6.08 Å². The SMILES string of the molecule is O=C(CO)OC1C=c2ccc3c(c2O1)C=CC=3. The lowest BCUT2D eigenvalue weighted by Gasteiger charge is -2.11. The van der Waals surface area contributed by atoms with Crippen molar-refractivity contribution >= 4 is 24.2 Å². The summed E-state index contributed by atoms with van der Waals surface area (Å²) in [6.45, 7) is -0.643. The monoisotopic (exact) mass is 230 g/mol. The van der Waals surface area contributed by atoms with Crippen LogP contribution in [-0.2, 0) is 9.53 Å². The molecule has 1 aromatic rings. The fraction of sp³-hybridized carbons (Fsp3) is 0.154. The molecule has 1 aromatic carbocycles. The van der Waals surface area contributed by atoms with Crippen LogP contribution in [0.15, 0.2) is 18.2 Å². The Kier molecular flexibility index (Phi) is 2.23. The van der Waals surface area contributed by atoms with E-state index in [4.69, 9.17) is 14.6 Å². The quantitative estimate of drug-likeness (QED) is 0.698. The highest BCUT2D eigenvalue weighted by molar-refractivity contribution is 5.73. The van der Waals surface area contributed by atoms with Crippen molar-refractivity contribution in [3.63, 3.8) is 0 Å². The third-order valence-electron chi connectivity index (χ3n) is 2.73. The highest BCUT2D eigenvalue weighted by atomic mass is 16.7. The van der Waals surface area contributed by atoms with Crippen LogP contribution >= 0.6 is 0 Å². The molecule has 1 unspecified atom stereocenters. The number of ether oxygens (including phenoxy) is 2. The molecule has 4 heteroatoms. The van der Waals surface area contributed by atoms with Crippen LogP contribution in [-0.4, -0.2) is 24.0 Å². The van der Waals surface area contributed by atoms with Gasteiger partial charge in [-0.05, 0) is 5.22 Å². The molecule has 3 rings (SSSR count). The molecule has 0 bridgehead atoms. The second-order valence-corrected chi connectivity index (χ2v) is 3.81. The molecule has 0 radical (unpaired) electrons. The van der Waals surface area contributed by atoms with Crippen molar-refractivity contribution in [3.8, 4) is 5.75 Å². The van der Waals surface area contributed by atoms with Gasteiger partial charge in [0.15, 0.2) is 0 Å². The Morgan fingerprint density at radius 3 is 3.06 bits per heavy atom. The molecule has 86 valence electrons. The van der Waals surface area contributed by atoms with E-state index in [1.165, 1.54) is 0 Å².